The molecule has 0 heterocycles. The first-order chi connectivity index (χ1) is 8.31. The molecule has 0 aliphatic carbocycles. The summed E-state index contributed by atoms with van der Waals surface area (Å²) in [6, 6.07) is 3.86. The number of ether oxygens (including phenoxy) is 1. The Morgan fingerprint density at radius 3 is 2.56 bits per heavy atom. The summed E-state index contributed by atoms with van der Waals surface area (Å²) in [6.07, 6.45) is -0.0874. The number of carbonyl (C=O) groups is 2. The van der Waals surface area contributed by atoms with Gasteiger partial charge in [-0.2, -0.15) is 0 Å². The van der Waals surface area contributed by atoms with Gasteiger partial charge in [0.1, 0.15) is 5.82 Å². The zero-order chi connectivity index (χ0) is 13.9. The van der Waals surface area contributed by atoms with Gasteiger partial charge in [-0.25, -0.2) is 4.39 Å². The number of halogens is 2. The average molecular weight is 319 g/mol. The highest BCUT2D eigenvalue weighted by molar-refractivity contribution is 9.10. The van der Waals surface area contributed by atoms with E-state index in [9.17, 15) is 14.0 Å². The largest absolute Gasteiger partial charge is 0.480 e. The van der Waals surface area contributed by atoms with Crippen molar-refractivity contribution in [2.75, 3.05) is 7.11 Å². The van der Waals surface area contributed by atoms with Crippen molar-refractivity contribution in [1.29, 1.82) is 0 Å². The molecule has 0 saturated heterocycles. The summed E-state index contributed by atoms with van der Waals surface area (Å²) in [4.78, 5) is 22.8. The van der Waals surface area contributed by atoms with Gasteiger partial charge in [0.15, 0.2) is 5.41 Å². The predicted octanol–water partition coefficient (Wildman–Crippen LogP) is 2.39. The molecule has 0 radical (unpaired) electrons. The van der Waals surface area contributed by atoms with Gasteiger partial charge in [-0.3, -0.25) is 9.59 Å². The first kappa shape index (κ1) is 14.6. The van der Waals surface area contributed by atoms with E-state index in [0.29, 0.717) is 10.0 Å². The summed E-state index contributed by atoms with van der Waals surface area (Å²) < 4.78 is 17.8. The van der Waals surface area contributed by atoms with E-state index in [0.717, 1.165) is 7.11 Å². The van der Waals surface area contributed by atoms with Gasteiger partial charge in [0.25, 0.3) is 0 Å². The maximum Gasteiger partial charge on any atom is 0.323 e. The van der Waals surface area contributed by atoms with Gasteiger partial charge in [-0.05, 0) is 24.6 Å². The van der Waals surface area contributed by atoms with Crippen LogP contribution >= 0.6 is 15.9 Å². The van der Waals surface area contributed by atoms with Gasteiger partial charge in [0, 0.05) is 10.9 Å². The first-order valence-corrected chi connectivity index (χ1v) is 5.86. The quantitative estimate of drug-likeness (QED) is 0.684. The van der Waals surface area contributed by atoms with E-state index in [4.69, 9.17) is 5.11 Å². The Bertz CT molecular complexity index is 489. The molecule has 1 aromatic rings. The van der Waals surface area contributed by atoms with E-state index in [1.165, 1.54) is 25.1 Å². The van der Waals surface area contributed by atoms with Crippen LogP contribution in [0.4, 0.5) is 4.39 Å². The van der Waals surface area contributed by atoms with E-state index in [1.54, 1.807) is 0 Å². The monoisotopic (exact) mass is 318 g/mol. The molecule has 1 aromatic carbocycles. The minimum atomic E-state index is -1.70. The molecule has 18 heavy (non-hydrogen) atoms. The van der Waals surface area contributed by atoms with E-state index in [1.807, 2.05) is 0 Å². The molecule has 0 aliphatic rings. The normalized spacial score (nSPS) is 13.8. The summed E-state index contributed by atoms with van der Waals surface area (Å²) in [5.41, 5.74) is -1.18. The third-order valence-corrected chi connectivity index (χ3v) is 3.41. The molecule has 1 unspecified atom stereocenters. The van der Waals surface area contributed by atoms with Crippen LogP contribution in [0, 0.1) is 11.2 Å². The van der Waals surface area contributed by atoms with Crippen molar-refractivity contribution < 1.29 is 23.8 Å². The molecule has 4 nitrogen and oxygen atoms in total. The number of benzene rings is 1. The van der Waals surface area contributed by atoms with Crippen molar-refractivity contribution in [1.82, 2.24) is 0 Å². The summed E-state index contributed by atoms with van der Waals surface area (Å²) in [5.74, 6) is -2.57. The Hall–Kier alpha value is -1.43. The van der Waals surface area contributed by atoms with Crippen molar-refractivity contribution in [3.63, 3.8) is 0 Å². The van der Waals surface area contributed by atoms with Gasteiger partial charge < -0.3 is 9.84 Å². The molecule has 0 aromatic heterocycles. The molecular weight excluding hydrogens is 307 g/mol. The number of esters is 1. The number of carbonyl (C=O) groups excluding carboxylic acids is 1. The summed E-state index contributed by atoms with van der Waals surface area (Å²) in [7, 11) is 1.13. The first-order valence-electron chi connectivity index (χ1n) is 5.07. The van der Waals surface area contributed by atoms with Crippen LogP contribution in [0.25, 0.3) is 0 Å². The third kappa shape index (κ3) is 2.87. The van der Waals surface area contributed by atoms with Crippen LogP contribution < -0.4 is 0 Å². The van der Waals surface area contributed by atoms with Crippen molar-refractivity contribution in [2.45, 2.75) is 13.3 Å². The van der Waals surface area contributed by atoms with Crippen LogP contribution in [-0.4, -0.2) is 24.2 Å². The third-order valence-electron chi connectivity index (χ3n) is 2.67. The Morgan fingerprint density at radius 1 is 1.50 bits per heavy atom. The molecule has 0 saturated carbocycles. The number of carboxylic acid groups (broad SMARTS) is 1. The second-order valence-corrected chi connectivity index (χ2v) is 4.90. The number of methoxy groups -OCH3 is 1. The Kier molecular flexibility index (Phi) is 4.45. The number of hydrogen-bond acceptors (Lipinski definition) is 3. The molecule has 0 bridgehead atoms. The lowest BCUT2D eigenvalue weighted by Crippen LogP contribution is -2.39. The van der Waals surface area contributed by atoms with Crippen LogP contribution in [0.5, 0.6) is 0 Å². The van der Waals surface area contributed by atoms with Crippen molar-refractivity contribution in [2.24, 2.45) is 5.41 Å². The van der Waals surface area contributed by atoms with E-state index >= 15 is 0 Å². The van der Waals surface area contributed by atoms with Crippen molar-refractivity contribution >= 4 is 27.9 Å². The smallest absolute Gasteiger partial charge is 0.323 e. The lowest BCUT2D eigenvalue weighted by molar-refractivity contribution is -0.165. The SMILES string of the molecule is COC(=O)C(C)(Cc1ccc(F)cc1Br)C(=O)O. The van der Waals surface area contributed by atoms with E-state index < -0.39 is 23.2 Å². The minimum absolute atomic E-state index is 0.0874. The average Bonchev–Trinajstić information content (AvgIpc) is 2.31. The zero-order valence-corrected chi connectivity index (χ0v) is 11.5. The standard InChI is InChI=1S/C12H12BrFO4/c1-12(10(15)16,11(17)18-2)6-7-3-4-8(14)5-9(7)13/h3-5H,6H2,1-2H3,(H,15,16). The van der Waals surface area contributed by atoms with Crippen LogP contribution in [-0.2, 0) is 20.7 Å². The Labute approximate surface area is 112 Å². The van der Waals surface area contributed by atoms with E-state index in [-0.39, 0.29) is 6.42 Å². The lowest BCUT2D eigenvalue weighted by Gasteiger charge is -2.22. The van der Waals surface area contributed by atoms with Gasteiger partial charge in [-0.15, -0.1) is 0 Å². The Morgan fingerprint density at radius 2 is 2.11 bits per heavy atom. The lowest BCUT2D eigenvalue weighted by atomic mass is 9.83. The molecule has 6 heteroatoms. The zero-order valence-electron chi connectivity index (χ0n) is 9.87. The van der Waals surface area contributed by atoms with Crippen LogP contribution in [0.15, 0.2) is 22.7 Å². The highest BCUT2D eigenvalue weighted by atomic mass is 79.9. The molecule has 1 N–H and O–H groups in total. The number of carboxylic acids is 1. The number of hydrogen-bond donors (Lipinski definition) is 1. The number of aliphatic carboxylic acids is 1. The van der Waals surface area contributed by atoms with Gasteiger partial charge in [0.2, 0.25) is 0 Å². The maximum absolute atomic E-state index is 12.9. The van der Waals surface area contributed by atoms with Crippen LogP contribution in [0.1, 0.15) is 12.5 Å². The fraction of sp³-hybridized carbons (Fsp3) is 0.333. The maximum atomic E-state index is 12.9. The number of rotatable bonds is 4. The fourth-order valence-electron chi connectivity index (χ4n) is 1.51. The Balaban J connectivity index is 3.12. The summed E-state index contributed by atoms with van der Waals surface area (Å²) in [6.45, 7) is 1.27. The van der Waals surface area contributed by atoms with Crippen molar-refractivity contribution in [3.05, 3.63) is 34.1 Å². The highest BCUT2D eigenvalue weighted by Crippen LogP contribution is 2.29. The molecule has 1 rings (SSSR count). The fourth-order valence-corrected chi connectivity index (χ4v) is 2.00. The molecule has 1 atom stereocenters. The topological polar surface area (TPSA) is 63.6 Å². The molecule has 0 fully saturated rings. The minimum Gasteiger partial charge on any atom is -0.480 e. The van der Waals surface area contributed by atoms with Gasteiger partial charge in [-0.1, -0.05) is 22.0 Å². The van der Waals surface area contributed by atoms with Crippen LogP contribution in [0.2, 0.25) is 0 Å². The highest BCUT2D eigenvalue weighted by Gasteiger charge is 2.43. The van der Waals surface area contributed by atoms with Crippen molar-refractivity contribution in [3.8, 4) is 0 Å². The molecule has 0 aliphatic heterocycles. The summed E-state index contributed by atoms with van der Waals surface area (Å²) in [5, 5.41) is 9.15. The second kappa shape index (κ2) is 5.48. The summed E-state index contributed by atoms with van der Waals surface area (Å²) >= 11 is 3.13. The van der Waals surface area contributed by atoms with Crippen LogP contribution in [0.3, 0.4) is 0 Å². The van der Waals surface area contributed by atoms with Gasteiger partial charge >= 0.3 is 11.9 Å². The molecule has 98 valence electrons. The predicted molar refractivity (Wildman–Crippen MR) is 65.6 cm³/mol. The second-order valence-electron chi connectivity index (χ2n) is 4.04. The van der Waals surface area contributed by atoms with E-state index in [2.05, 4.69) is 20.7 Å². The molecule has 0 spiro atoms. The molecule has 0 amide bonds. The molecular formula is C12H12BrFO4. The van der Waals surface area contributed by atoms with Gasteiger partial charge in [0.05, 0.1) is 7.11 Å².